The molecule has 74 valence electrons. The molecule has 0 aromatic carbocycles. The largest absolute Gasteiger partial charge is 0.316 e. The van der Waals surface area contributed by atoms with E-state index in [2.05, 4.69) is 24.3 Å². The van der Waals surface area contributed by atoms with Gasteiger partial charge in [0.2, 0.25) is 0 Å². The maximum absolute atomic E-state index is 4.50. The lowest BCUT2D eigenvalue weighted by Crippen LogP contribution is -2.09. The monoisotopic (exact) mass is 181 g/mol. The van der Waals surface area contributed by atoms with E-state index in [9.17, 15) is 0 Å². The van der Waals surface area contributed by atoms with Crippen molar-refractivity contribution < 1.29 is 0 Å². The van der Waals surface area contributed by atoms with E-state index in [0.717, 1.165) is 19.4 Å². The predicted octanol–water partition coefficient (Wildman–Crippen LogP) is 1.26. The molecule has 1 aromatic rings. The van der Waals surface area contributed by atoms with Crippen LogP contribution in [0.3, 0.4) is 0 Å². The third kappa shape index (κ3) is 1.91. The fourth-order valence-electron chi connectivity index (χ4n) is 1.77. The lowest BCUT2D eigenvalue weighted by atomic mass is 10.1. The first-order valence-electron chi connectivity index (χ1n) is 4.92. The average molecular weight is 181 g/mol. The Bertz CT molecular complexity index is 276. The fraction of sp³-hybridized carbons (Fsp3) is 0.700. The fourth-order valence-corrected chi connectivity index (χ4v) is 1.77. The molecule has 0 bridgehead atoms. The van der Waals surface area contributed by atoms with Gasteiger partial charge in [-0.05, 0) is 19.9 Å². The molecule has 0 saturated heterocycles. The first-order chi connectivity index (χ1) is 6.24. The second kappa shape index (κ2) is 4.42. The van der Waals surface area contributed by atoms with Gasteiger partial charge in [0, 0.05) is 24.8 Å². The first-order valence-corrected chi connectivity index (χ1v) is 4.92. The highest BCUT2D eigenvalue weighted by Crippen LogP contribution is 2.14. The molecule has 0 radical (unpaired) electrons. The van der Waals surface area contributed by atoms with Crippen molar-refractivity contribution in [1.82, 2.24) is 15.1 Å². The van der Waals surface area contributed by atoms with Crippen molar-refractivity contribution in [2.45, 2.75) is 33.2 Å². The van der Waals surface area contributed by atoms with Crippen LogP contribution in [-0.2, 0) is 26.4 Å². The van der Waals surface area contributed by atoms with Crippen molar-refractivity contribution in [1.29, 1.82) is 0 Å². The van der Waals surface area contributed by atoms with Gasteiger partial charge in [0.05, 0.1) is 5.69 Å². The zero-order chi connectivity index (χ0) is 9.84. The van der Waals surface area contributed by atoms with Gasteiger partial charge in [-0.2, -0.15) is 5.10 Å². The van der Waals surface area contributed by atoms with Crippen molar-refractivity contribution in [3.05, 3.63) is 17.0 Å². The minimum atomic E-state index is 0.931. The van der Waals surface area contributed by atoms with Gasteiger partial charge in [-0.3, -0.25) is 4.68 Å². The summed E-state index contributed by atoms with van der Waals surface area (Å²) in [7, 11) is 4.00. The predicted molar refractivity (Wildman–Crippen MR) is 54.7 cm³/mol. The van der Waals surface area contributed by atoms with E-state index in [0.29, 0.717) is 0 Å². The average Bonchev–Trinajstić information content (AvgIpc) is 2.43. The molecule has 0 aliphatic rings. The zero-order valence-electron chi connectivity index (χ0n) is 9.02. The Morgan fingerprint density at radius 3 is 2.46 bits per heavy atom. The molecule has 3 nitrogen and oxygen atoms in total. The summed E-state index contributed by atoms with van der Waals surface area (Å²) in [5, 5.41) is 7.69. The smallest absolute Gasteiger partial charge is 0.0669 e. The Balaban J connectivity index is 3.08. The molecule has 0 aliphatic heterocycles. The quantitative estimate of drug-likeness (QED) is 0.758. The number of aryl methyl sites for hydroxylation is 2. The third-order valence-electron chi connectivity index (χ3n) is 2.38. The Labute approximate surface area is 80.1 Å². The molecule has 13 heavy (non-hydrogen) atoms. The summed E-state index contributed by atoms with van der Waals surface area (Å²) in [4.78, 5) is 0. The van der Waals surface area contributed by atoms with Crippen LogP contribution in [0.1, 0.15) is 30.8 Å². The van der Waals surface area contributed by atoms with Crippen LogP contribution >= 0.6 is 0 Å². The number of nitrogens with one attached hydrogen (secondary N) is 1. The van der Waals surface area contributed by atoms with Crippen molar-refractivity contribution in [3.63, 3.8) is 0 Å². The van der Waals surface area contributed by atoms with Crippen molar-refractivity contribution in [3.8, 4) is 0 Å². The molecule has 0 aliphatic carbocycles. The van der Waals surface area contributed by atoms with Gasteiger partial charge in [0.1, 0.15) is 0 Å². The minimum absolute atomic E-state index is 0.931. The standard InChI is InChI=1S/C10H19N3/c1-5-9-8(7-11-3)10(6-2)13(4)12-9/h11H,5-7H2,1-4H3. The summed E-state index contributed by atoms with van der Waals surface area (Å²) >= 11 is 0. The molecule has 1 N–H and O–H groups in total. The van der Waals surface area contributed by atoms with Gasteiger partial charge in [-0.25, -0.2) is 0 Å². The van der Waals surface area contributed by atoms with Gasteiger partial charge in [-0.1, -0.05) is 13.8 Å². The summed E-state index contributed by atoms with van der Waals surface area (Å²) in [6.07, 6.45) is 2.07. The first kappa shape index (κ1) is 10.3. The van der Waals surface area contributed by atoms with Crippen molar-refractivity contribution in [2.24, 2.45) is 7.05 Å². The van der Waals surface area contributed by atoms with Gasteiger partial charge in [0.15, 0.2) is 0 Å². The SMILES string of the molecule is CCc1nn(C)c(CC)c1CNC. The van der Waals surface area contributed by atoms with Crippen LogP contribution in [0.2, 0.25) is 0 Å². The van der Waals surface area contributed by atoms with E-state index in [4.69, 9.17) is 0 Å². The summed E-state index contributed by atoms with van der Waals surface area (Å²) < 4.78 is 2.01. The normalized spacial score (nSPS) is 10.8. The number of hydrogen-bond donors (Lipinski definition) is 1. The molecule has 3 heteroatoms. The maximum atomic E-state index is 4.50. The number of rotatable bonds is 4. The van der Waals surface area contributed by atoms with Gasteiger partial charge >= 0.3 is 0 Å². The summed E-state index contributed by atoms with van der Waals surface area (Å²) in [5.74, 6) is 0. The number of aromatic nitrogens is 2. The Kier molecular flexibility index (Phi) is 3.48. The summed E-state index contributed by atoms with van der Waals surface area (Å²) in [6, 6.07) is 0. The summed E-state index contributed by atoms with van der Waals surface area (Å²) in [5.41, 5.74) is 3.97. The third-order valence-corrected chi connectivity index (χ3v) is 2.38. The molecule has 0 saturated carbocycles. The second-order valence-corrected chi connectivity index (χ2v) is 3.23. The van der Waals surface area contributed by atoms with Crippen LogP contribution in [0, 0.1) is 0 Å². The Morgan fingerprint density at radius 1 is 1.31 bits per heavy atom. The lowest BCUT2D eigenvalue weighted by Gasteiger charge is -2.03. The molecule has 1 aromatic heterocycles. The Hall–Kier alpha value is -0.830. The van der Waals surface area contributed by atoms with E-state index in [1.165, 1.54) is 17.0 Å². The van der Waals surface area contributed by atoms with Crippen LogP contribution < -0.4 is 5.32 Å². The van der Waals surface area contributed by atoms with Crippen LogP contribution in [0.5, 0.6) is 0 Å². The minimum Gasteiger partial charge on any atom is -0.316 e. The van der Waals surface area contributed by atoms with E-state index in [-0.39, 0.29) is 0 Å². The molecule has 0 atom stereocenters. The van der Waals surface area contributed by atoms with E-state index >= 15 is 0 Å². The van der Waals surface area contributed by atoms with Crippen LogP contribution in [0.15, 0.2) is 0 Å². The van der Waals surface area contributed by atoms with Crippen LogP contribution in [0.4, 0.5) is 0 Å². The van der Waals surface area contributed by atoms with Gasteiger partial charge in [0.25, 0.3) is 0 Å². The molecular weight excluding hydrogens is 162 g/mol. The molecule has 0 amide bonds. The second-order valence-electron chi connectivity index (χ2n) is 3.23. The van der Waals surface area contributed by atoms with Crippen LogP contribution in [-0.4, -0.2) is 16.8 Å². The number of nitrogens with zero attached hydrogens (tertiary/aromatic N) is 2. The van der Waals surface area contributed by atoms with Crippen LogP contribution in [0.25, 0.3) is 0 Å². The lowest BCUT2D eigenvalue weighted by molar-refractivity contribution is 0.701. The van der Waals surface area contributed by atoms with Gasteiger partial charge < -0.3 is 5.32 Å². The summed E-state index contributed by atoms with van der Waals surface area (Å²) in [6.45, 7) is 5.26. The maximum Gasteiger partial charge on any atom is 0.0669 e. The molecular formula is C10H19N3. The zero-order valence-corrected chi connectivity index (χ0v) is 9.02. The van der Waals surface area contributed by atoms with Gasteiger partial charge in [-0.15, -0.1) is 0 Å². The highest BCUT2D eigenvalue weighted by atomic mass is 15.3. The topological polar surface area (TPSA) is 29.9 Å². The molecule has 0 spiro atoms. The Morgan fingerprint density at radius 2 is 2.00 bits per heavy atom. The molecule has 0 unspecified atom stereocenters. The van der Waals surface area contributed by atoms with Crippen molar-refractivity contribution >= 4 is 0 Å². The molecule has 1 heterocycles. The highest BCUT2D eigenvalue weighted by molar-refractivity contribution is 5.26. The molecule has 1 rings (SSSR count). The van der Waals surface area contributed by atoms with Crippen molar-refractivity contribution in [2.75, 3.05) is 7.05 Å². The van der Waals surface area contributed by atoms with E-state index in [1.54, 1.807) is 0 Å². The molecule has 0 fully saturated rings. The van der Waals surface area contributed by atoms with E-state index < -0.39 is 0 Å². The van der Waals surface area contributed by atoms with E-state index in [1.807, 2.05) is 18.8 Å². The highest BCUT2D eigenvalue weighted by Gasteiger charge is 2.11. The number of hydrogen-bond acceptors (Lipinski definition) is 2.